The highest BCUT2D eigenvalue weighted by Gasteiger charge is 2.38. The third-order valence-electron chi connectivity index (χ3n) is 2.74. The molecule has 0 bridgehead atoms. The van der Waals surface area contributed by atoms with Crippen molar-refractivity contribution in [2.75, 3.05) is 0 Å². The number of hydrogen-bond donors (Lipinski definition) is 2. The topological polar surface area (TPSA) is 74.6 Å². The van der Waals surface area contributed by atoms with Gasteiger partial charge in [-0.25, -0.2) is 4.79 Å². The first kappa shape index (κ1) is 13.2. The van der Waals surface area contributed by atoms with E-state index in [0.29, 0.717) is 6.42 Å². The van der Waals surface area contributed by atoms with Crippen LogP contribution in [0.4, 0.5) is 0 Å². The Kier molecular flexibility index (Phi) is 3.77. The van der Waals surface area contributed by atoms with Crippen molar-refractivity contribution in [1.29, 1.82) is 0 Å². The molecule has 0 aromatic heterocycles. The molecule has 0 amide bonds. The van der Waals surface area contributed by atoms with Crippen molar-refractivity contribution >= 4 is 34.5 Å². The summed E-state index contributed by atoms with van der Waals surface area (Å²) in [5.41, 5.74) is -0.144. The van der Waals surface area contributed by atoms with Crippen LogP contribution in [0.1, 0.15) is 26.7 Å². The average Bonchev–Trinajstić information content (AvgIpc) is 2.16. The summed E-state index contributed by atoms with van der Waals surface area (Å²) in [6, 6.07) is 0. The predicted octanol–water partition coefficient (Wildman–Crippen LogP) is 2.59. The van der Waals surface area contributed by atoms with Crippen LogP contribution in [0.2, 0.25) is 0 Å². The smallest absolute Gasteiger partial charge is 0.331 e. The van der Waals surface area contributed by atoms with Crippen LogP contribution in [0, 0.1) is 5.41 Å². The van der Waals surface area contributed by atoms with E-state index >= 15 is 0 Å². The van der Waals surface area contributed by atoms with Gasteiger partial charge in [-0.2, -0.15) is 0 Å². The molecule has 0 aliphatic heterocycles. The predicted molar refractivity (Wildman–Crippen MR) is 67.4 cm³/mol. The maximum absolute atomic E-state index is 11.1. The molecule has 0 radical (unpaired) electrons. The molecule has 1 rings (SSSR count). The van der Waals surface area contributed by atoms with Crippen LogP contribution in [0.3, 0.4) is 0 Å². The fraction of sp³-hybridized carbons (Fsp3) is 0.455. The molecule has 0 heterocycles. The van der Waals surface area contributed by atoms with Crippen LogP contribution < -0.4 is 0 Å². The van der Waals surface area contributed by atoms with Gasteiger partial charge in [0.25, 0.3) is 0 Å². The molecule has 0 saturated carbocycles. The first-order valence-corrected chi connectivity index (χ1v) is 5.97. The van der Waals surface area contributed by atoms with Crippen LogP contribution in [0.15, 0.2) is 20.8 Å². The molecular formula is C11H13IO4. The number of rotatable bonds is 3. The highest BCUT2D eigenvalue weighted by molar-refractivity contribution is 14.1. The third-order valence-corrected chi connectivity index (χ3v) is 3.70. The van der Waals surface area contributed by atoms with Crippen LogP contribution in [0.25, 0.3) is 0 Å². The SMILES string of the molecule is CCC1=C(C(=O)O)CC(C)(C(=O)O)C=C1I. The maximum atomic E-state index is 11.1. The summed E-state index contributed by atoms with van der Waals surface area (Å²) < 4.78 is 0.730. The summed E-state index contributed by atoms with van der Waals surface area (Å²) in [6.45, 7) is 3.41. The van der Waals surface area contributed by atoms with Gasteiger partial charge in [-0.1, -0.05) is 13.0 Å². The van der Waals surface area contributed by atoms with Gasteiger partial charge in [-0.05, 0) is 47.9 Å². The van der Waals surface area contributed by atoms with Crippen molar-refractivity contribution in [2.45, 2.75) is 26.7 Å². The summed E-state index contributed by atoms with van der Waals surface area (Å²) in [7, 11) is 0. The zero-order valence-electron chi connectivity index (χ0n) is 9.08. The Balaban J connectivity index is 3.28. The van der Waals surface area contributed by atoms with E-state index in [0.717, 1.165) is 9.15 Å². The van der Waals surface area contributed by atoms with Gasteiger partial charge in [0.05, 0.1) is 5.41 Å². The second-order valence-corrected chi connectivity index (χ2v) is 5.17. The maximum Gasteiger partial charge on any atom is 0.331 e. The van der Waals surface area contributed by atoms with Crippen LogP contribution in [-0.2, 0) is 9.59 Å². The molecule has 1 aliphatic rings. The van der Waals surface area contributed by atoms with Crippen molar-refractivity contribution in [3.05, 3.63) is 20.8 Å². The molecule has 1 aliphatic carbocycles. The molecule has 4 nitrogen and oxygen atoms in total. The molecule has 1 atom stereocenters. The minimum Gasteiger partial charge on any atom is -0.481 e. The number of carboxylic acid groups (broad SMARTS) is 2. The Morgan fingerprint density at radius 1 is 1.50 bits per heavy atom. The van der Waals surface area contributed by atoms with E-state index in [1.165, 1.54) is 0 Å². The number of allylic oxidation sites excluding steroid dienone is 2. The Morgan fingerprint density at radius 3 is 2.44 bits per heavy atom. The fourth-order valence-electron chi connectivity index (χ4n) is 1.76. The summed E-state index contributed by atoms with van der Waals surface area (Å²) in [6.07, 6.45) is 2.29. The van der Waals surface area contributed by atoms with Gasteiger partial charge in [0.2, 0.25) is 0 Å². The molecule has 0 spiro atoms. The Bertz CT molecular complexity index is 408. The second kappa shape index (κ2) is 4.57. The monoisotopic (exact) mass is 336 g/mol. The van der Waals surface area contributed by atoms with E-state index in [2.05, 4.69) is 0 Å². The van der Waals surface area contributed by atoms with Crippen molar-refractivity contribution in [3.8, 4) is 0 Å². The summed E-state index contributed by atoms with van der Waals surface area (Å²) in [5, 5.41) is 18.2. The summed E-state index contributed by atoms with van der Waals surface area (Å²) in [5.74, 6) is -2.01. The summed E-state index contributed by atoms with van der Waals surface area (Å²) in [4.78, 5) is 22.2. The van der Waals surface area contributed by atoms with E-state index < -0.39 is 17.4 Å². The third kappa shape index (κ3) is 2.28. The van der Waals surface area contributed by atoms with Crippen molar-refractivity contribution in [3.63, 3.8) is 0 Å². The first-order valence-electron chi connectivity index (χ1n) is 4.89. The molecule has 16 heavy (non-hydrogen) atoms. The zero-order chi connectivity index (χ0) is 12.5. The Hall–Kier alpha value is -0.850. The fourth-order valence-corrected chi connectivity index (χ4v) is 3.15. The second-order valence-electron chi connectivity index (χ2n) is 4.01. The van der Waals surface area contributed by atoms with Crippen LogP contribution >= 0.6 is 22.6 Å². The van der Waals surface area contributed by atoms with Gasteiger partial charge in [0, 0.05) is 9.15 Å². The lowest BCUT2D eigenvalue weighted by Crippen LogP contribution is -2.30. The van der Waals surface area contributed by atoms with Gasteiger partial charge in [-0.3, -0.25) is 4.79 Å². The summed E-state index contributed by atoms with van der Waals surface area (Å²) >= 11 is 2.00. The lowest BCUT2D eigenvalue weighted by Gasteiger charge is -2.28. The van der Waals surface area contributed by atoms with Crippen molar-refractivity contribution in [1.82, 2.24) is 0 Å². The van der Waals surface area contributed by atoms with Gasteiger partial charge in [-0.15, -0.1) is 0 Å². The normalized spacial score (nSPS) is 25.3. The Morgan fingerprint density at radius 2 is 2.06 bits per heavy atom. The number of carbonyl (C=O) groups is 2. The zero-order valence-corrected chi connectivity index (χ0v) is 11.2. The highest BCUT2D eigenvalue weighted by atomic mass is 127. The molecule has 2 N–H and O–H groups in total. The van der Waals surface area contributed by atoms with Gasteiger partial charge >= 0.3 is 11.9 Å². The minimum absolute atomic E-state index is 0.0490. The quantitative estimate of drug-likeness (QED) is 0.777. The molecule has 1 unspecified atom stereocenters. The highest BCUT2D eigenvalue weighted by Crippen LogP contribution is 2.41. The van der Waals surface area contributed by atoms with Crippen LogP contribution in [0.5, 0.6) is 0 Å². The van der Waals surface area contributed by atoms with E-state index in [9.17, 15) is 9.59 Å². The molecule has 0 fully saturated rings. The molecule has 5 heteroatoms. The van der Waals surface area contributed by atoms with Crippen molar-refractivity contribution in [2.24, 2.45) is 5.41 Å². The molecule has 0 aromatic carbocycles. The van der Waals surface area contributed by atoms with Gasteiger partial charge < -0.3 is 10.2 Å². The molecule has 0 saturated heterocycles. The lowest BCUT2D eigenvalue weighted by atomic mass is 9.77. The number of aliphatic carboxylic acids is 2. The van der Waals surface area contributed by atoms with Gasteiger partial charge in [0.15, 0.2) is 0 Å². The number of carboxylic acids is 2. The molecule has 0 aromatic rings. The van der Waals surface area contributed by atoms with Gasteiger partial charge in [0.1, 0.15) is 0 Å². The van der Waals surface area contributed by atoms with E-state index in [1.54, 1.807) is 13.0 Å². The Labute approximate surface area is 107 Å². The van der Waals surface area contributed by atoms with E-state index in [1.807, 2.05) is 29.5 Å². The largest absolute Gasteiger partial charge is 0.481 e. The minimum atomic E-state index is -1.11. The molecular weight excluding hydrogens is 323 g/mol. The molecule has 88 valence electrons. The van der Waals surface area contributed by atoms with Crippen LogP contribution in [-0.4, -0.2) is 22.2 Å². The standard InChI is InChI=1S/C11H13IO4/c1-3-6-7(9(13)14)4-11(2,10(15)16)5-8(6)12/h5H,3-4H2,1-2H3,(H,13,14)(H,15,16). The van der Waals surface area contributed by atoms with Crippen molar-refractivity contribution < 1.29 is 19.8 Å². The van der Waals surface area contributed by atoms with E-state index in [-0.39, 0.29) is 12.0 Å². The number of hydrogen-bond acceptors (Lipinski definition) is 2. The average molecular weight is 336 g/mol. The number of halogens is 1. The van der Waals surface area contributed by atoms with E-state index in [4.69, 9.17) is 10.2 Å². The lowest BCUT2D eigenvalue weighted by molar-refractivity contribution is -0.145. The first-order chi connectivity index (χ1) is 7.31.